The lowest BCUT2D eigenvalue weighted by atomic mass is 9.94. The summed E-state index contributed by atoms with van der Waals surface area (Å²) < 4.78 is 1.85. The summed E-state index contributed by atoms with van der Waals surface area (Å²) in [7, 11) is 1.95. The van der Waals surface area contributed by atoms with Crippen LogP contribution >= 0.6 is 0 Å². The fourth-order valence-corrected chi connectivity index (χ4v) is 2.09. The first kappa shape index (κ1) is 10.6. The van der Waals surface area contributed by atoms with Gasteiger partial charge in [0.2, 0.25) is 0 Å². The van der Waals surface area contributed by atoms with E-state index in [0.717, 1.165) is 25.3 Å². The van der Waals surface area contributed by atoms with Crippen LogP contribution in [0, 0.1) is 5.92 Å². The highest BCUT2D eigenvalue weighted by molar-refractivity contribution is 4.99. The second-order valence-corrected chi connectivity index (χ2v) is 4.65. The number of hydrogen-bond donors (Lipinski definition) is 1. The predicted octanol–water partition coefficient (Wildman–Crippen LogP) is 0.589. The maximum absolute atomic E-state index is 6.06. The number of rotatable bonds is 2. The highest BCUT2D eigenvalue weighted by Gasteiger charge is 2.23. The summed E-state index contributed by atoms with van der Waals surface area (Å²) in [4.78, 5) is 2.40. The van der Waals surface area contributed by atoms with Crippen LogP contribution in [0.5, 0.6) is 0 Å². The van der Waals surface area contributed by atoms with Crippen molar-refractivity contribution in [2.45, 2.75) is 25.9 Å². The van der Waals surface area contributed by atoms with E-state index in [9.17, 15) is 0 Å². The molecule has 0 saturated carbocycles. The van der Waals surface area contributed by atoms with Gasteiger partial charge in [0.15, 0.2) is 0 Å². The third-order valence-electron chi connectivity index (χ3n) is 3.26. The SMILES string of the molecule is CC1CCN(Cc2ccn(C)n2)CC1N. The van der Waals surface area contributed by atoms with Crippen molar-refractivity contribution in [3.63, 3.8) is 0 Å². The van der Waals surface area contributed by atoms with Gasteiger partial charge in [0.05, 0.1) is 5.69 Å². The molecule has 0 radical (unpaired) electrons. The summed E-state index contributed by atoms with van der Waals surface area (Å²) in [6, 6.07) is 2.39. The fourth-order valence-electron chi connectivity index (χ4n) is 2.09. The van der Waals surface area contributed by atoms with E-state index in [1.807, 2.05) is 17.9 Å². The van der Waals surface area contributed by atoms with E-state index in [4.69, 9.17) is 5.73 Å². The molecule has 84 valence electrons. The Bertz CT molecular complexity index is 320. The lowest BCUT2D eigenvalue weighted by molar-refractivity contribution is 0.160. The summed E-state index contributed by atoms with van der Waals surface area (Å²) in [6.07, 6.45) is 3.19. The topological polar surface area (TPSA) is 47.1 Å². The molecular weight excluding hydrogens is 188 g/mol. The third kappa shape index (κ3) is 2.58. The first-order chi connectivity index (χ1) is 7.15. The van der Waals surface area contributed by atoms with Crippen molar-refractivity contribution in [2.75, 3.05) is 13.1 Å². The van der Waals surface area contributed by atoms with E-state index in [1.165, 1.54) is 6.42 Å². The van der Waals surface area contributed by atoms with Crippen LogP contribution in [0.2, 0.25) is 0 Å². The second kappa shape index (κ2) is 4.33. The molecular formula is C11H20N4. The molecule has 1 aromatic heterocycles. The largest absolute Gasteiger partial charge is 0.326 e. The number of nitrogens with two attached hydrogens (primary N) is 1. The van der Waals surface area contributed by atoms with Gasteiger partial charge < -0.3 is 5.73 Å². The molecule has 1 fully saturated rings. The van der Waals surface area contributed by atoms with Crippen LogP contribution in [0.15, 0.2) is 12.3 Å². The first-order valence-electron chi connectivity index (χ1n) is 5.61. The van der Waals surface area contributed by atoms with Crippen molar-refractivity contribution >= 4 is 0 Å². The van der Waals surface area contributed by atoms with Gasteiger partial charge in [-0.25, -0.2) is 0 Å². The number of aryl methyl sites for hydroxylation is 1. The molecule has 1 aromatic rings. The van der Waals surface area contributed by atoms with Gasteiger partial charge in [-0.05, 0) is 24.9 Å². The third-order valence-corrected chi connectivity index (χ3v) is 3.26. The maximum Gasteiger partial charge on any atom is 0.0764 e. The van der Waals surface area contributed by atoms with Gasteiger partial charge in [0.25, 0.3) is 0 Å². The minimum atomic E-state index is 0.322. The molecule has 0 spiro atoms. The van der Waals surface area contributed by atoms with Crippen LogP contribution in [0.1, 0.15) is 19.0 Å². The van der Waals surface area contributed by atoms with E-state index < -0.39 is 0 Å². The van der Waals surface area contributed by atoms with Crippen LogP contribution in [0.3, 0.4) is 0 Å². The fraction of sp³-hybridized carbons (Fsp3) is 0.727. The first-order valence-corrected chi connectivity index (χ1v) is 5.61. The van der Waals surface area contributed by atoms with Gasteiger partial charge in [0, 0.05) is 32.4 Å². The molecule has 2 N–H and O–H groups in total. The lowest BCUT2D eigenvalue weighted by Crippen LogP contribution is -2.47. The monoisotopic (exact) mass is 208 g/mol. The molecule has 4 heteroatoms. The minimum absolute atomic E-state index is 0.322. The number of likely N-dealkylation sites (tertiary alicyclic amines) is 1. The Morgan fingerprint density at radius 3 is 3.00 bits per heavy atom. The van der Waals surface area contributed by atoms with Crippen LogP contribution in [0.25, 0.3) is 0 Å². The molecule has 2 unspecified atom stereocenters. The molecule has 4 nitrogen and oxygen atoms in total. The zero-order chi connectivity index (χ0) is 10.8. The Labute approximate surface area is 91.1 Å². The molecule has 15 heavy (non-hydrogen) atoms. The predicted molar refractivity (Wildman–Crippen MR) is 60.2 cm³/mol. The van der Waals surface area contributed by atoms with E-state index >= 15 is 0 Å². The highest BCUT2D eigenvalue weighted by atomic mass is 15.3. The lowest BCUT2D eigenvalue weighted by Gasteiger charge is -2.34. The number of piperidine rings is 1. The van der Waals surface area contributed by atoms with Crippen molar-refractivity contribution in [3.8, 4) is 0 Å². The molecule has 2 atom stereocenters. The van der Waals surface area contributed by atoms with Crippen molar-refractivity contribution in [1.82, 2.24) is 14.7 Å². The van der Waals surface area contributed by atoms with Gasteiger partial charge in [0.1, 0.15) is 0 Å². The standard InChI is InChI=1S/C11H20N4/c1-9-3-6-15(8-11(9)12)7-10-4-5-14(2)13-10/h4-5,9,11H,3,6-8,12H2,1-2H3. The molecule has 1 aliphatic heterocycles. The second-order valence-electron chi connectivity index (χ2n) is 4.65. The smallest absolute Gasteiger partial charge is 0.0764 e. The molecule has 0 aliphatic carbocycles. The van der Waals surface area contributed by atoms with Crippen molar-refractivity contribution in [2.24, 2.45) is 18.7 Å². The molecule has 0 amide bonds. The number of nitrogens with zero attached hydrogens (tertiary/aromatic N) is 3. The van der Waals surface area contributed by atoms with Gasteiger partial charge >= 0.3 is 0 Å². The molecule has 2 heterocycles. The minimum Gasteiger partial charge on any atom is -0.326 e. The van der Waals surface area contributed by atoms with E-state index in [1.54, 1.807) is 0 Å². The normalized spacial score (nSPS) is 28.2. The van der Waals surface area contributed by atoms with Crippen molar-refractivity contribution < 1.29 is 0 Å². The van der Waals surface area contributed by atoms with E-state index in [0.29, 0.717) is 12.0 Å². The van der Waals surface area contributed by atoms with Crippen molar-refractivity contribution in [1.29, 1.82) is 0 Å². The maximum atomic E-state index is 6.06. The quantitative estimate of drug-likeness (QED) is 0.774. The summed E-state index contributed by atoms with van der Waals surface area (Å²) >= 11 is 0. The van der Waals surface area contributed by atoms with Crippen LogP contribution in [-0.2, 0) is 13.6 Å². The van der Waals surface area contributed by atoms with Gasteiger partial charge in [-0.15, -0.1) is 0 Å². The van der Waals surface area contributed by atoms with E-state index in [-0.39, 0.29) is 0 Å². The molecule has 2 rings (SSSR count). The molecule has 1 saturated heterocycles. The Morgan fingerprint density at radius 1 is 1.60 bits per heavy atom. The van der Waals surface area contributed by atoms with E-state index in [2.05, 4.69) is 23.0 Å². The van der Waals surface area contributed by atoms with Gasteiger partial charge in [-0.1, -0.05) is 6.92 Å². The number of aromatic nitrogens is 2. The average Bonchev–Trinajstić information content (AvgIpc) is 2.58. The highest BCUT2D eigenvalue weighted by Crippen LogP contribution is 2.16. The summed E-state index contributed by atoms with van der Waals surface area (Å²) in [6.45, 7) is 5.31. The zero-order valence-corrected chi connectivity index (χ0v) is 9.56. The Kier molecular flexibility index (Phi) is 3.07. The Hall–Kier alpha value is -0.870. The zero-order valence-electron chi connectivity index (χ0n) is 9.56. The Balaban J connectivity index is 1.90. The molecule has 1 aliphatic rings. The average molecular weight is 208 g/mol. The summed E-state index contributed by atoms with van der Waals surface area (Å²) in [5, 5.41) is 4.38. The molecule has 0 aromatic carbocycles. The summed E-state index contributed by atoms with van der Waals surface area (Å²) in [5.74, 6) is 0.657. The Morgan fingerprint density at radius 2 is 2.40 bits per heavy atom. The van der Waals surface area contributed by atoms with Gasteiger partial charge in [-0.3, -0.25) is 9.58 Å². The number of hydrogen-bond acceptors (Lipinski definition) is 3. The van der Waals surface area contributed by atoms with Crippen LogP contribution in [0.4, 0.5) is 0 Å². The van der Waals surface area contributed by atoms with Crippen molar-refractivity contribution in [3.05, 3.63) is 18.0 Å². The van der Waals surface area contributed by atoms with Crippen LogP contribution < -0.4 is 5.73 Å². The molecule has 0 bridgehead atoms. The van der Waals surface area contributed by atoms with Gasteiger partial charge in [-0.2, -0.15) is 5.10 Å². The summed E-state index contributed by atoms with van der Waals surface area (Å²) in [5.41, 5.74) is 7.20. The van der Waals surface area contributed by atoms with Crippen LogP contribution in [-0.4, -0.2) is 33.8 Å².